The highest BCUT2D eigenvalue weighted by molar-refractivity contribution is 6.30. The highest BCUT2D eigenvalue weighted by Crippen LogP contribution is 2.32. The molecule has 2 aliphatic heterocycles. The number of nitrogens with one attached hydrogen (secondary N) is 1. The maximum atomic E-state index is 13.0. The highest BCUT2D eigenvalue weighted by Gasteiger charge is 2.40. The molecular formula is C18H25ClN2O2. The molecule has 4 nitrogen and oxygen atoms in total. The Labute approximate surface area is 143 Å². The first-order chi connectivity index (χ1) is 11.0. The van der Waals surface area contributed by atoms with E-state index in [0.29, 0.717) is 24.7 Å². The Morgan fingerprint density at radius 1 is 1.35 bits per heavy atom. The summed E-state index contributed by atoms with van der Waals surface area (Å²) in [4.78, 5) is 14.9. The molecule has 2 heterocycles. The molecule has 0 aromatic heterocycles. The number of carbonyl (C=O) groups is 1. The molecule has 3 rings (SSSR count). The molecule has 1 N–H and O–H groups in total. The average Bonchev–Trinajstić information content (AvgIpc) is 2.55. The van der Waals surface area contributed by atoms with Crippen molar-refractivity contribution in [3.63, 3.8) is 0 Å². The Morgan fingerprint density at radius 3 is 2.78 bits per heavy atom. The van der Waals surface area contributed by atoms with E-state index < -0.39 is 0 Å². The quantitative estimate of drug-likeness (QED) is 0.902. The number of amides is 1. The summed E-state index contributed by atoms with van der Waals surface area (Å²) >= 11 is 5.95. The van der Waals surface area contributed by atoms with E-state index >= 15 is 0 Å². The van der Waals surface area contributed by atoms with Crippen molar-refractivity contribution in [1.82, 2.24) is 10.2 Å². The number of halogens is 1. The van der Waals surface area contributed by atoms with Crippen LogP contribution in [0.3, 0.4) is 0 Å². The van der Waals surface area contributed by atoms with Gasteiger partial charge in [0.15, 0.2) is 0 Å². The zero-order valence-corrected chi connectivity index (χ0v) is 14.6. The third-order valence-electron chi connectivity index (χ3n) is 4.99. The summed E-state index contributed by atoms with van der Waals surface area (Å²) in [6.07, 6.45) is 2.14. The standard InChI is InChI=1S/C18H25ClN2O2/c1-18(2)8-3-9-20-16(18)17(22)21-10-11-23-15(12-21)13-4-6-14(19)7-5-13/h4-7,15-16,20H,3,8-12H2,1-2H3. The number of hydrogen-bond acceptors (Lipinski definition) is 3. The van der Waals surface area contributed by atoms with Crippen molar-refractivity contribution in [2.45, 2.75) is 38.8 Å². The molecule has 2 unspecified atom stereocenters. The second-order valence-corrected chi connectivity index (χ2v) is 7.61. The average molecular weight is 337 g/mol. The largest absolute Gasteiger partial charge is 0.370 e. The van der Waals surface area contributed by atoms with Gasteiger partial charge in [-0.15, -0.1) is 0 Å². The summed E-state index contributed by atoms with van der Waals surface area (Å²) in [6, 6.07) is 7.59. The lowest BCUT2D eigenvalue weighted by molar-refractivity contribution is -0.145. The Hall–Kier alpha value is -1.10. The molecule has 0 saturated carbocycles. The second kappa shape index (κ2) is 6.80. The van der Waals surface area contributed by atoms with Gasteiger partial charge in [-0.3, -0.25) is 4.79 Å². The van der Waals surface area contributed by atoms with Gasteiger partial charge in [-0.05, 0) is 42.5 Å². The molecule has 1 aromatic rings. The lowest BCUT2D eigenvalue weighted by atomic mass is 9.77. The first kappa shape index (κ1) is 16.7. The number of rotatable bonds is 2. The number of morpholine rings is 1. The molecule has 1 amide bonds. The van der Waals surface area contributed by atoms with Crippen molar-refractivity contribution in [1.29, 1.82) is 0 Å². The van der Waals surface area contributed by atoms with E-state index in [2.05, 4.69) is 19.2 Å². The Morgan fingerprint density at radius 2 is 2.09 bits per heavy atom. The maximum Gasteiger partial charge on any atom is 0.240 e. The lowest BCUT2D eigenvalue weighted by Gasteiger charge is -2.42. The first-order valence-corrected chi connectivity index (χ1v) is 8.74. The van der Waals surface area contributed by atoms with Crippen LogP contribution < -0.4 is 5.32 Å². The third-order valence-corrected chi connectivity index (χ3v) is 5.25. The van der Waals surface area contributed by atoms with Gasteiger partial charge in [0.1, 0.15) is 6.10 Å². The molecule has 5 heteroatoms. The van der Waals surface area contributed by atoms with Crippen LogP contribution in [0.15, 0.2) is 24.3 Å². The van der Waals surface area contributed by atoms with E-state index in [1.165, 1.54) is 0 Å². The van der Waals surface area contributed by atoms with E-state index in [9.17, 15) is 4.79 Å². The molecule has 2 fully saturated rings. The number of piperidine rings is 1. The number of carbonyl (C=O) groups excluding carboxylic acids is 1. The molecule has 0 bridgehead atoms. The fourth-order valence-corrected chi connectivity index (χ4v) is 3.67. The number of ether oxygens (including phenoxy) is 1. The molecule has 0 spiro atoms. The summed E-state index contributed by atoms with van der Waals surface area (Å²) in [5.74, 6) is 0.206. The SMILES string of the molecule is CC1(C)CCCNC1C(=O)N1CCOC(c2ccc(Cl)cc2)C1. The Bertz CT molecular complexity index is 559. The number of nitrogens with zero attached hydrogens (tertiary/aromatic N) is 1. The summed E-state index contributed by atoms with van der Waals surface area (Å²) in [5, 5.41) is 4.13. The summed E-state index contributed by atoms with van der Waals surface area (Å²) in [5.41, 5.74) is 1.08. The third kappa shape index (κ3) is 3.70. The molecule has 1 aromatic carbocycles. The fraction of sp³-hybridized carbons (Fsp3) is 0.611. The van der Waals surface area contributed by atoms with Crippen molar-refractivity contribution in [2.24, 2.45) is 5.41 Å². The van der Waals surface area contributed by atoms with Gasteiger partial charge in [-0.1, -0.05) is 37.6 Å². The number of benzene rings is 1. The van der Waals surface area contributed by atoms with Crippen LogP contribution in [0.2, 0.25) is 5.02 Å². The van der Waals surface area contributed by atoms with Crippen LogP contribution in [0.4, 0.5) is 0 Å². The monoisotopic (exact) mass is 336 g/mol. The van der Waals surface area contributed by atoms with Gasteiger partial charge in [0.05, 0.1) is 19.2 Å². The number of hydrogen-bond donors (Lipinski definition) is 1. The molecule has 126 valence electrons. The molecule has 2 aliphatic rings. The van der Waals surface area contributed by atoms with Crippen LogP contribution in [0.5, 0.6) is 0 Å². The topological polar surface area (TPSA) is 41.6 Å². The van der Waals surface area contributed by atoms with E-state index in [1.54, 1.807) is 0 Å². The van der Waals surface area contributed by atoms with E-state index in [0.717, 1.165) is 24.9 Å². The summed E-state index contributed by atoms with van der Waals surface area (Å²) < 4.78 is 5.87. The smallest absolute Gasteiger partial charge is 0.240 e. The molecule has 23 heavy (non-hydrogen) atoms. The maximum absolute atomic E-state index is 13.0. The van der Waals surface area contributed by atoms with Crippen LogP contribution in [-0.4, -0.2) is 43.1 Å². The predicted molar refractivity (Wildman–Crippen MR) is 91.5 cm³/mol. The molecular weight excluding hydrogens is 312 g/mol. The van der Waals surface area contributed by atoms with E-state index in [4.69, 9.17) is 16.3 Å². The van der Waals surface area contributed by atoms with Crippen LogP contribution in [0.25, 0.3) is 0 Å². The van der Waals surface area contributed by atoms with Gasteiger partial charge >= 0.3 is 0 Å². The van der Waals surface area contributed by atoms with Gasteiger partial charge in [0.25, 0.3) is 0 Å². The van der Waals surface area contributed by atoms with Crippen molar-refractivity contribution < 1.29 is 9.53 Å². The van der Waals surface area contributed by atoms with Crippen molar-refractivity contribution in [3.8, 4) is 0 Å². The molecule has 2 atom stereocenters. The molecule has 0 radical (unpaired) electrons. The van der Waals surface area contributed by atoms with Gasteiger partial charge in [0, 0.05) is 11.6 Å². The van der Waals surface area contributed by atoms with E-state index in [1.807, 2.05) is 29.2 Å². The highest BCUT2D eigenvalue weighted by atomic mass is 35.5. The fourth-order valence-electron chi connectivity index (χ4n) is 3.54. The van der Waals surface area contributed by atoms with Crippen molar-refractivity contribution in [3.05, 3.63) is 34.9 Å². The van der Waals surface area contributed by atoms with E-state index in [-0.39, 0.29) is 23.5 Å². The lowest BCUT2D eigenvalue weighted by Crippen LogP contribution is -2.58. The summed E-state index contributed by atoms with van der Waals surface area (Å²) in [6.45, 7) is 7.13. The zero-order valence-electron chi connectivity index (χ0n) is 13.8. The van der Waals surface area contributed by atoms with Crippen LogP contribution in [0.1, 0.15) is 38.4 Å². The van der Waals surface area contributed by atoms with Crippen molar-refractivity contribution >= 4 is 17.5 Å². The van der Waals surface area contributed by atoms with Gasteiger partial charge in [0.2, 0.25) is 5.91 Å². The van der Waals surface area contributed by atoms with Gasteiger partial charge < -0.3 is 15.0 Å². The zero-order chi connectivity index (χ0) is 16.4. The van der Waals surface area contributed by atoms with Crippen LogP contribution >= 0.6 is 11.6 Å². The Balaban J connectivity index is 1.70. The predicted octanol–water partition coefficient (Wildman–Crippen LogP) is 3.02. The molecule has 2 saturated heterocycles. The minimum absolute atomic E-state index is 0.00338. The van der Waals surface area contributed by atoms with Crippen LogP contribution in [-0.2, 0) is 9.53 Å². The molecule has 0 aliphatic carbocycles. The van der Waals surface area contributed by atoms with Crippen molar-refractivity contribution in [2.75, 3.05) is 26.2 Å². The normalized spacial score (nSPS) is 27.7. The van der Waals surface area contributed by atoms with Gasteiger partial charge in [-0.2, -0.15) is 0 Å². The Kier molecular flexibility index (Phi) is 4.95. The minimum Gasteiger partial charge on any atom is -0.370 e. The van der Waals surface area contributed by atoms with Crippen LogP contribution in [0, 0.1) is 5.41 Å². The summed E-state index contributed by atoms with van der Waals surface area (Å²) in [7, 11) is 0. The first-order valence-electron chi connectivity index (χ1n) is 8.36. The second-order valence-electron chi connectivity index (χ2n) is 7.17. The minimum atomic E-state index is -0.0970. The van der Waals surface area contributed by atoms with Gasteiger partial charge in [-0.25, -0.2) is 0 Å².